The molecular weight excluding hydrogens is 793 g/mol. The molecule has 0 fully saturated rings. The van der Waals surface area contributed by atoms with Gasteiger partial charge in [0.1, 0.15) is 34.2 Å². The van der Waals surface area contributed by atoms with Crippen LogP contribution in [-0.2, 0) is 30.5 Å². The number of benzene rings is 6. The molecule has 0 radical (unpaired) electrons. The summed E-state index contributed by atoms with van der Waals surface area (Å²) >= 11 is 0. The molecule has 6 rings (SSSR count). The van der Waals surface area contributed by atoms with Crippen LogP contribution in [0.2, 0.25) is 0 Å². The van der Waals surface area contributed by atoms with E-state index in [1.165, 1.54) is 0 Å². The van der Waals surface area contributed by atoms with Crippen molar-refractivity contribution >= 4 is 9.84 Å². The van der Waals surface area contributed by atoms with Gasteiger partial charge in [-0.3, -0.25) is 0 Å². The van der Waals surface area contributed by atoms with E-state index in [-0.39, 0.29) is 26.1 Å². The topological polar surface area (TPSA) is 130 Å². The van der Waals surface area contributed by atoms with Gasteiger partial charge in [-0.15, -0.1) is 0 Å². The highest BCUT2D eigenvalue weighted by atomic mass is 32.2. The first-order chi connectivity index (χ1) is 29.6. The minimum atomic E-state index is -3.92. The molecule has 320 valence electrons. The Morgan fingerprint density at radius 3 is 0.902 bits per heavy atom. The molecule has 61 heavy (non-hydrogen) atoms. The van der Waals surface area contributed by atoms with E-state index in [4.69, 9.17) is 28.4 Å². The van der Waals surface area contributed by atoms with Gasteiger partial charge < -0.3 is 38.6 Å². The van der Waals surface area contributed by atoms with Gasteiger partial charge in [0, 0.05) is 0 Å². The minimum absolute atomic E-state index is 0.0122. The summed E-state index contributed by atoms with van der Waals surface area (Å²) in [5.74, 6) is 1.62. The van der Waals surface area contributed by atoms with Gasteiger partial charge in [0.25, 0.3) is 0 Å². The van der Waals surface area contributed by atoms with Crippen LogP contribution in [-0.4, -0.2) is 84.0 Å². The third-order valence-corrected chi connectivity index (χ3v) is 12.6. The maximum absolute atomic E-state index is 13.5. The Bertz CT molecular complexity index is 2080. The predicted molar refractivity (Wildman–Crippen MR) is 236 cm³/mol. The Kier molecular flexibility index (Phi) is 15.2. The Hall–Kier alpha value is -5.69. The van der Waals surface area contributed by atoms with Gasteiger partial charge in [-0.2, -0.15) is 0 Å². The molecule has 0 saturated carbocycles. The molecule has 2 atom stereocenters. The summed E-state index contributed by atoms with van der Waals surface area (Å²) in [5, 5.41) is 22.3. The van der Waals surface area contributed by atoms with E-state index in [0.717, 1.165) is 33.4 Å². The number of ether oxygens (including phenoxy) is 6. The molecule has 0 saturated heterocycles. The average molecular weight is 847 g/mol. The van der Waals surface area contributed by atoms with Crippen LogP contribution in [0.15, 0.2) is 158 Å². The first kappa shape index (κ1) is 44.9. The van der Waals surface area contributed by atoms with Gasteiger partial charge in [-0.05, 0) is 94.8 Å². The second-order valence-electron chi connectivity index (χ2n) is 14.7. The fraction of sp³-hybridized carbons (Fsp3) is 0.280. The van der Waals surface area contributed by atoms with Crippen LogP contribution in [0.4, 0.5) is 0 Å². The third-order valence-electron chi connectivity index (χ3n) is 10.8. The van der Waals surface area contributed by atoms with E-state index < -0.39 is 44.8 Å². The van der Waals surface area contributed by atoms with Crippen molar-refractivity contribution in [3.05, 3.63) is 191 Å². The first-order valence-electron chi connectivity index (χ1n) is 20.1. The Morgan fingerprint density at radius 1 is 0.410 bits per heavy atom. The summed E-state index contributed by atoms with van der Waals surface area (Å²) in [5.41, 5.74) is 2.68. The normalized spacial score (nSPS) is 13.0. The lowest BCUT2D eigenvalue weighted by molar-refractivity contribution is -0.00316. The van der Waals surface area contributed by atoms with E-state index in [0.29, 0.717) is 23.0 Å². The summed E-state index contributed by atoms with van der Waals surface area (Å²) in [4.78, 5) is 0. The number of hydrogen-bond donors (Lipinski definition) is 2. The lowest BCUT2D eigenvalue weighted by Gasteiger charge is -2.36. The molecule has 0 spiro atoms. The zero-order valence-corrected chi connectivity index (χ0v) is 35.8. The highest BCUT2D eigenvalue weighted by Gasteiger charge is 2.39. The van der Waals surface area contributed by atoms with Crippen molar-refractivity contribution in [2.75, 3.05) is 53.2 Å². The number of methoxy groups -OCH3 is 4. The van der Waals surface area contributed by atoms with Crippen molar-refractivity contribution in [2.24, 2.45) is 0 Å². The van der Waals surface area contributed by atoms with E-state index in [1.54, 1.807) is 28.4 Å². The van der Waals surface area contributed by atoms with Gasteiger partial charge in [-0.1, -0.05) is 109 Å². The van der Waals surface area contributed by atoms with Gasteiger partial charge in [0.15, 0.2) is 9.84 Å². The van der Waals surface area contributed by atoms with E-state index in [9.17, 15) is 18.6 Å². The second-order valence-corrected chi connectivity index (χ2v) is 16.8. The molecule has 10 nitrogen and oxygen atoms in total. The molecule has 2 N–H and O–H groups in total. The standard InChI is InChI=1S/C50H54O10S/c1-55-45-23-15-39(16-24-45)49(37-11-7-5-8-12-37,40-17-25-46(56-2)26-18-40)59-33-31-43(51)35-61(53,54)36-44(52)32-34-60-50(38-13-9-6-10-14-38,41-19-27-47(57-3)28-20-41)42-21-29-48(58-4)30-22-42/h5-30,43-44,51-52H,31-36H2,1-4H3. The van der Waals surface area contributed by atoms with Crippen LogP contribution < -0.4 is 18.9 Å². The van der Waals surface area contributed by atoms with Gasteiger partial charge >= 0.3 is 0 Å². The molecule has 0 amide bonds. The second kappa shape index (κ2) is 20.7. The van der Waals surface area contributed by atoms with Crippen molar-refractivity contribution in [2.45, 2.75) is 36.3 Å². The fourth-order valence-electron chi connectivity index (χ4n) is 7.67. The zero-order chi connectivity index (χ0) is 43.3. The molecule has 6 aromatic rings. The molecule has 0 bridgehead atoms. The first-order valence-corrected chi connectivity index (χ1v) is 21.9. The van der Waals surface area contributed by atoms with Crippen LogP contribution in [0, 0.1) is 0 Å². The summed E-state index contributed by atoms with van der Waals surface area (Å²) in [6.45, 7) is 0.0244. The maximum Gasteiger partial charge on any atom is 0.155 e. The van der Waals surface area contributed by atoms with Gasteiger partial charge in [-0.25, -0.2) is 8.42 Å². The highest BCUT2D eigenvalue weighted by Crippen LogP contribution is 2.43. The SMILES string of the molecule is COc1ccc(C(OCCC(O)CS(=O)(=O)CC(O)CCOC(c2ccccc2)(c2ccc(OC)cc2)c2ccc(OC)cc2)(c2ccccc2)c2ccc(OC)cc2)cc1. The Labute approximate surface area is 359 Å². The summed E-state index contributed by atoms with van der Waals surface area (Å²) in [6.07, 6.45) is -2.49. The molecule has 0 heterocycles. The monoisotopic (exact) mass is 846 g/mol. The average Bonchev–Trinajstić information content (AvgIpc) is 3.30. The summed E-state index contributed by atoms with van der Waals surface area (Å²) in [7, 11) is 2.49. The molecule has 0 aliphatic rings. The van der Waals surface area contributed by atoms with Crippen molar-refractivity contribution in [1.82, 2.24) is 0 Å². The Balaban J connectivity index is 1.16. The molecule has 0 aromatic heterocycles. The number of rotatable bonds is 22. The van der Waals surface area contributed by atoms with Crippen LogP contribution in [0.1, 0.15) is 46.2 Å². The number of aliphatic hydroxyl groups excluding tert-OH is 2. The third kappa shape index (κ3) is 10.6. The van der Waals surface area contributed by atoms with Gasteiger partial charge in [0.2, 0.25) is 0 Å². The maximum atomic E-state index is 13.5. The lowest BCUT2D eigenvalue weighted by Crippen LogP contribution is -2.36. The quantitative estimate of drug-likeness (QED) is 0.0650. The molecule has 11 heteroatoms. The van der Waals surface area contributed by atoms with Crippen molar-refractivity contribution in [3.8, 4) is 23.0 Å². The summed E-state index contributed by atoms with van der Waals surface area (Å²) < 4.78 is 62.3. The van der Waals surface area contributed by atoms with Crippen molar-refractivity contribution < 1.29 is 47.1 Å². The minimum Gasteiger partial charge on any atom is -0.497 e. The number of sulfone groups is 1. The zero-order valence-electron chi connectivity index (χ0n) is 35.0. The molecule has 0 aliphatic heterocycles. The van der Waals surface area contributed by atoms with Crippen LogP contribution in [0.5, 0.6) is 23.0 Å². The van der Waals surface area contributed by atoms with Crippen LogP contribution >= 0.6 is 0 Å². The predicted octanol–water partition coefficient (Wildman–Crippen LogP) is 7.96. The highest BCUT2D eigenvalue weighted by molar-refractivity contribution is 7.91. The smallest absolute Gasteiger partial charge is 0.155 e. The summed E-state index contributed by atoms with van der Waals surface area (Å²) in [6, 6.07) is 49.8. The number of aliphatic hydroxyl groups is 2. The van der Waals surface area contributed by atoms with E-state index in [1.807, 2.05) is 158 Å². The molecule has 6 aromatic carbocycles. The van der Waals surface area contributed by atoms with Gasteiger partial charge in [0.05, 0.1) is 65.4 Å². The Morgan fingerprint density at radius 2 is 0.656 bits per heavy atom. The van der Waals surface area contributed by atoms with Crippen molar-refractivity contribution in [3.63, 3.8) is 0 Å². The number of hydrogen-bond acceptors (Lipinski definition) is 10. The van der Waals surface area contributed by atoms with Crippen molar-refractivity contribution in [1.29, 1.82) is 0 Å². The largest absolute Gasteiger partial charge is 0.497 e. The molecular formula is C50H54O10S. The molecule has 0 aliphatic carbocycles. The molecule has 2 unspecified atom stereocenters. The lowest BCUT2D eigenvalue weighted by atomic mass is 9.80. The van der Waals surface area contributed by atoms with Crippen LogP contribution in [0.25, 0.3) is 0 Å². The van der Waals surface area contributed by atoms with Crippen LogP contribution in [0.3, 0.4) is 0 Å². The van der Waals surface area contributed by atoms with E-state index in [2.05, 4.69) is 0 Å². The fourth-order valence-corrected chi connectivity index (χ4v) is 9.31. The van der Waals surface area contributed by atoms with E-state index >= 15 is 0 Å².